The lowest BCUT2D eigenvalue weighted by Crippen LogP contribution is -2.08. The average Bonchev–Trinajstić information content (AvgIpc) is 1.95. The van der Waals surface area contributed by atoms with Crippen LogP contribution in [0.4, 0.5) is 17.6 Å². The fraction of sp³-hybridized carbons (Fsp3) is 0.143. The second-order valence-corrected chi connectivity index (χ2v) is 3.55. The second-order valence-electron chi connectivity index (χ2n) is 2.25. The van der Waals surface area contributed by atoms with Gasteiger partial charge >= 0.3 is 6.18 Å². The Balaban J connectivity index is 3.43. The topological polar surface area (TPSA) is 0 Å². The van der Waals surface area contributed by atoms with Crippen LogP contribution in [0.1, 0.15) is 5.56 Å². The number of alkyl halides is 3. The summed E-state index contributed by atoms with van der Waals surface area (Å²) in [6.07, 6.45) is -4.60. The van der Waals surface area contributed by atoms with Crippen molar-refractivity contribution in [1.29, 1.82) is 0 Å². The molecule has 0 aliphatic heterocycles. The highest BCUT2D eigenvalue weighted by molar-refractivity contribution is 9.10. The lowest BCUT2D eigenvalue weighted by Gasteiger charge is -2.11. The molecular weight excluding hydrogens is 272 g/mol. The van der Waals surface area contributed by atoms with E-state index in [0.717, 1.165) is 12.1 Å². The molecule has 0 amide bonds. The summed E-state index contributed by atoms with van der Waals surface area (Å²) in [6, 6.07) is 1.92. The Hall–Kier alpha value is -0.230. The van der Waals surface area contributed by atoms with Crippen molar-refractivity contribution < 1.29 is 17.6 Å². The van der Waals surface area contributed by atoms with Crippen LogP contribution in [0.5, 0.6) is 0 Å². The number of benzene rings is 1. The molecule has 0 saturated carbocycles. The largest absolute Gasteiger partial charge is 0.418 e. The van der Waals surface area contributed by atoms with E-state index in [-0.39, 0.29) is 4.47 Å². The van der Waals surface area contributed by atoms with E-state index in [9.17, 15) is 17.6 Å². The van der Waals surface area contributed by atoms with Crippen LogP contribution in [0.3, 0.4) is 0 Å². The summed E-state index contributed by atoms with van der Waals surface area (Å²) in [5.74, 6) is -0.987. The van der Waals surface area contributed by atoms with Gasteiger partial charge in [0, 0.05) is 4.47 Å². The second kappa shape index (κ2) is 3.49. The summed E-state index contributed by atoms with van der Waals surface area (Å²) < 4.78 is 49.2. The Bertz CT molecular complexity index is 334. The highest BCUT2D eigenvalue weighted by Crippen LogP contribution is 2.39. The maximum Gasteiger partial charge on any atom is 0.418 e. The first-order valence-corrected chi connectivity index (χ1v) is 4.32. The van der Waals surface area contributed by atoms with Crippen molar-refractivity contribution in [1.82, 2.24) is 0 Å². The number of hydrogen-bond acceptors (Lipinski definition) is 1. The van der Waals surface area contributed by atoms with Crippen LogP contribution in [0.25, 0.3) is 0 Å². The highest BCUT2D eigenvalue weighted by Gasteiger charge is 2.36. The monoisotopic (exact) mass is 274 g/mol. The van der Waals surface area contributed by atoms with Crippen molar-refractivity contribution in [3.8, 4) is 0 Å². The molecule has 0 atom stereocenters. The Kier molecular flexibility index (Phi) is 2.91. The Morgan fingerprint density at radius 3 is 2.15 bits per heavy atom. The van der Waals surface area contributed by atoms with E-state index < -0.39 is 22.5 Å². The lowest BCUT2D eigenvalue weighted by atomic mass is 10.2. The molecule has 6 heteroatoms. The van der Waals surface area contributed by atoms with Crippen molar-refractivity contribution in [3.05, 3.63) is 28.0 Å². The zero-order valence-electron chi connectivity index (χ0n) is 5.99. The third-order valence-electron chi connectivity index (χ3n) is 1.36. The number of rotatable bonds is 0. The molecule has 0 aliphatic carbocycles. The minimum absolute atomic E-state index is 0.216. The Morgan fingerprint density at radius 1 is 1.23 bits per heavy atom. The summed E-state index contributed by atoms with van der Waals surface area (Å²) >= 11 is 6.13. The predicted molar refractivity (Wildman–Crippen MR) is 46.4 cm³/mol. The van der Waals surface area contributed by atoms with Crippen LogP contribution in [0.2, 0.25) is 0 Å². The van der Waals surface area contributed by atoms with Gasteiger partial charge in [-0.1, -0.05) is 15.9 Å². The van der Waals surface area contributed by atoms with Gasteiger partial charge in [-0.2, -0.15) is 13.2 Å². The quantitative estimate of drug-likeness (QED) is 0.539. The number of halogens is 5. The molecule has 1 aromatic rings. The molecule has 0 N–H and O–H groups in total. The van der Waals surface area contributed by atoms with Gasteiger partial charge in [-0.25, -0.2) is 4.39 Å². The molecule has 13 heavy (non-hydrogen) atoms. The van der Waals surface area contributed by atoms with Crippen molar-refractivity contribution in [3.63, 3.8) is 0 Å². The normalized spacial score (nSPS) is 11.8. The summed E-state index contributed by atoms with van der Waals surface area (Å²) in [7, 11) is 0. The molecule has 0 radical (unpaired) electrons. The van der Waals surface area contributed by atoms with E-state index in [1.807, 2.05) is 0 Å². The third kappa shape index (κ3) is 2.17. The maximum absolute atomic E-state index is 12.7. The molecule has 1 rings (SSSR count). The van der Waals surface area contributed by atoms with E-state index in [2.05, 4.69) is 28.6 Å². The van der Waals surface area contributed by atoms with Gasteiger partial charge in [0.1, 0.15) is 5.82 Å². The highest BCUT2D eigenvalue weighted by atomic mass is 79.9. The van der Waals surface area contributed by atoms with Crippen LogP contribution in [-0.4, -0.2) is 0 Å². The van der Waals surface area contributed by atoms with Gasteiger partial charge in [0.25, 0.3) is 0 Å². The van der Waals surface area contributed by atoms with Crippen molar-refractivity contribution >= 4 is 28.6 Å². The molecule has 0 aromatic heterocycles. The Morgan fingerprint density at radius 2 is 1.77 bits per heavy atom. The van der Waals surface area contributed by atoms with Crippen molar-refractivity contribution in [2.75, 3.05) is 0 Å². The molecule has 0 spiro atoms. The fourth-order valence-corrected chi connectivity index (χ4v) is 1.84. The van der Waals surface area contributed by atoms with Gasteiger partial charge in [0.05, 0.1) is 10.5 Å². The first-order valence-electron chi connectivity index (χ1n) is 3.08. The molecule has 0 saturated heterocycles. The van der Waals surface area contributed by atoms with Gasteiger partial charge in [0.2, 0.25) is 0 Å². The van der Waals surface area contributed by atoms with Gasteiger partial charge in [-0.05, 0) is 12.1 Å². The zero-order chi connectivity index (χ0) is 10.2. The average molecular weight is 275 g/mol. The molecule has 0 nitrogen and oxygen atoms in total. The first-order chi connectivity index (χ1) is 5.84. The predicted octanol–water partition coefficient (Wildman–Crippen LogP) is 3.90. The van der Waals surface area contributed by atoms with Crippen LogP contribution in [0, 0.1) is 5.82 Å². The van der Waals surface area contributed by atoms with Gasteiger partial charge in [-0.3, -0.25) is 0 Å². The maximum atomic E-state index is 12.7. The summed E-state index contributed by atoms with van der Waals surface area (Å²) in [5, 5.41) is 0. The molecule has 0 aliphatic rings. The fourth-order valence-electron chi connectivity index (χ4n) is 0.811. The minimum atomic E-state index is -4.60. The standard InChI is InChI=1S/C7H3BrF4S/c8-3-1-2-4(9)6(13)5(3)7(10,11)12/h1-2,13H. The molecule has 72 valence electrons. The van der Waals surface area contributed by atoms with Crippen molar-refractivity contribution in [2.24, 2.45) is 0 Å². The molecule has 0 unspecified atom stereocenters. The van der Waals surface area contributed by atoms with E-state index in [4.69, 9.17) is 0 Å². The van der Waals surface area contributed by atoms with Crippen LogP contribution >= 0.6 is 28.6 Å². The van der Waals surface area contributed by atoms with E-state index >= 15 is 0 Å². The van der Waals surface area contributed by atoms with E-state index in [1.165, 1.54) is 0 Å². The van der Waals surface area contributed by atoms with Crippen LogP contribution < -0.4 is 0 Å². The molecule has 0 bridgehead atoms. The van der Waals surface area contributed by atoms with Crippen LogP contribution in [-0.2, 0) is 6.18 Å². The molecular formula is C7H3BrF4S. The first kappa shape index (κ1) is 10.8. The number of thiol groups is 1. The van der Waals surface area contributed by atoms with Gasteiger partial charge in [-0.15, -0.1) is 12.6 Å². The summed E-state index contributed by atoms with van der Waals surface area (Å²) in [6.45, 7) is 0. The molecule has 1 aromatic carbocycles. The minimum Gasteiger partial charge on any atom is -0.206 e. The smallest absolute Gasteiger partial charge is 0.206 e. The Labute approximate surface area is 85.5 Å². The van der Waals surface area contributed by atoms with Gasteiger partial charge < -0.3 is 0 Å². The third-order valence-corrected chi connectivity index (χ3v) is 2.46. The SMILES string of the molecule is Fc1ccc(Br)c(C(F)(F)F)c1S. The summed E-state index contributed by atoms with van der Waals surface area (Å²) in [5.41, 5.74) is -1.09. The van der Waals surface area contributed by atoms with Crippen LogP contribution in [0.15, 0.2) is 21.5 Å². The molecule has 0 heterocycles. The molecule has 0 fully saturated rings. The number of hydrogen-bond donors (Lipinski definition) is 1. The zero-order valence-corrected chi connectivity index (χ0v) is 8.47. The van der Waals surface area contributed by atoms with E-state index in [0.29, 0.717) is 0 Å². The van der Waals surface area contributed by atoms with E-state index in [1.54, 1.807) is 0 Å². The summed E-state index contributed by atoms with van der Waals surface area (Å²) in [4.78, 5) is -0.693. The van der Waals surface area contributed by atoms with Gasteiger partial charge in [0.15, 0.2) is 0 Å². The van der Waals surface area contributed by atoms with Crippen molar-refractivity contribution in [2.45, 2.75) is 11.1 Å². The lowest BCUT2D eigenvalue weighted by molar-refractivity contribution is -0.140.